The number of aliphatic hydroxyl groups is 1. The van der Waals surface area contributed by atoms with Crippen LogP contribution in [0, 0.1) is 21.7 Å². The Morgan fingerprint density at radius 3 is 2.30 bits per heavy atom. The number of halogens is 2. The molecule has 0 saturated heterocycles. The van der Waals surface area contributed by atoms with E-state index >= 15 is 0 Å². The summed E-state index contributed by atoms with van der Waals surface area (Å²) < 4.78 is 36.1. The first kappa shape index (κ1) is 16.6. The lowest BCUT2D eigenvalue weighted by Gasteiger charge is -2.13. The van der Waals surface area contributed by atoms with E-state index in [1.807, 2.05) is 0 Å². The Labute approximate surface area is 130 Å². The van der Waals surface area contributed by atoms with Crippen molar-refractivity contribution >= 4 is 5.69 Å². The Hall–Kier alpha value is -2.74. The summed E-state index contributed by atoms with van der Waals surface area (Å²) in [5, 5.41) is 20.3. The van der Waals surface area contributed by atoms with E-state index in [2.05, 4.69) is 0 Å². The van der Waals surface area contributed by atoms with Crippen LogP contribution in [-0.2, 0) is 0 Å². The first-order valence-corrected chi connectivity index (χ1v) is 6.59. The molecule has 0 aliphatic heterocycles. The van der Waals surface area contributed by atoms with Crippen LogP contribution >= 0.6 is 0 Å². The molecule has 0 aliphatic carbocycles. The number of nitrogens with zero attached hydrogens (tertiary/aromatic N) is 1. The predicted octanol–water partition coefficient (Wildman–Crippen LogP) is 2.69. The van der Waals surface area contributed by atoms with Gasteiger partial charge in [-0.3, -0.25) is 10.1 Å². The normalized spacial score (nSPS) is 11.8. The Bertz CT molecular complexity index is 695. The highest BCUT2D eigenvalue weighted by atomic mass is 19.2. The highest BCUT2D eigenvalue weighted by molar-refractivity contribution is 5.37. The van der Waals surface area contributed by atoms with Crippen LogP contribution in [0.3, 0.4) is 0 Å². The highest BCUT2D eigenvalue weighted by Gasteiger charge is 2.10. The molecule has 0 aromatic heterocycles. The summed E-state index contributed by atoms with van der Waals surface area (Å²) in [6.07, 6.45) is -1.05. The van der Waals surface area contributed by atoms with Gasteiger partial charge in [-0.25, -0.2) is 8.78 Å². The molecule has 8 heteroatoms. The van der Waals surface area contributed by atoms with Gasteiger partial charge in [0.05, 0.1) is 11.0 Å². The second-order valence-corrected chi connectivity index (χ2v) is 4.61. The van der Waals surface area contributed by atoms with E-state index in [0.717, 1.165) is 12.1 Å². The van der Waals surface area contributed by atoms with Gasteiger partial charge in [0.1, 0.15) is 30.8 Å². The van der Waals surface area contributed by atoms with Gasteiger partial charge in [0.25, 0.3) is 5.69 Å². The molecule has 1 N–H and O–H groups in total. The largest absolute Gasteiger partial charge is 0.491 e. The van der Waals surface area contributed by atoms with Gasteiger partial charge in [0.2, 0.25) is 0 Å². The maximum Gasteiger partial charge on any atom is 0.273 e. The highest BCUT2D eigenvalue weighted by Crippen LogP contribution is 2.19. The van der Waals surface area contributed by atoms with Crippen LogP contribution in [0.5, 0.6) is 11.5 Å². The van der Waals surface area contributed by atoms with E-state index in [1.54, 1.807) is 0 Å². The Morgan fingerprint density at radius 1 is 1.04 bits per heavy atom. The van der Waals surface area contributed by atoms with E-state index < -0.39 is 22.7 Å². The molecule has 0 spiro atoms. The Kier molecular flexibility index (Phi) is 5.42. The molecule has 2 rings (SSSR count). The van der Waals surface area contributed by atoms with E-state index in [4.69, 9.17) is 9.47 Å². The minimum absolute atomic E-state index is 0.0679. The molecule has 0 bridgehead atoms. The van der Waals surface area contributed by atoms with E-state index in [9.17, 15) is 24.0 Å². The Morgan fingerprint density at radius 2 is 1.70 bits per heavy atom. The molecule has 0 amide bonds. The fourth-order valence-corrected chi connectivity index (χ4v) is 1.69. The van der Waals surface area contributed by atoms with Crippen molar-refractivity contribution in [1.29, 1.82) is 0 Å². The van der Waals surface area contributed by atoms with E-state index in [1.165, 1.54) is 30.3 Å². The van der Waals surface area contributed by atoms with Gasteiger partial charge >= 0.3 is 0 Å². The zero-order valence-electron chi connectivity index (χ0n) is 11.8. The molecule has 23 heavy (non-hydrogen) atoms. The van der Waals surface area contributed by atoms with Crippen LogP contribution in [0.1, 0.15) is 0 Å². The number of rotatable bonds is 7. The van der Waals surface area contributed by atoms with Gasteiger partial charge in [-0.15, -0.1) is 0 Å². The van der Waals surface area contributed by atoms with Crippen LogP contribution < -0.4 is 9.47 Å². The second-order valence-electron chi connectivity index (χ2n) is 4.61. The molecule has 2 aromatic carbocycles. The molecule has 0 aliphatic rings. The lowest BCUT2D eigenvalue weighted by atomic mass is 10.3. The van der Waals surface area contributed by atoms with Crippen LogP contribution in [0.25, 0.3) is 0 Å². The summed E-state index contributed by atoms with van der Waals surface area (Å²) in [5.74, 6) is -1.75. The van der Waals surface area contributed by atoms with Crippen molar-refractivity contribution in [3.05, 3.63) is 64.2 Å². The zero-order chi connectivity index (χ0) is 16.8. The number of benzene rings is 2. The first-order valence-electron chi connectivity index (χ1n) is 6.59. The number of nitro benzene ring substituents is 1. The fraction of sp³-hybridized carbons (Fsp3) is 0.200. The zero-order valence-corrected chi connectivity index (χ0v) is 11.8. The smallest absolute Gasteiger partial charge is 0.273 e. The molecular formula is C15H13F2NO5. The third-order valence-corrected chi connectivity index (χ3v) is 2.80. The van der Waals surface area contributed by atoms with Gasteiger partial charge in [0, 0.05) is 12.1 Å². The van der Waals surface area contributed by atoms with Gasteiger partial charge in [-0.1, -0.05) is 6.07 Å². The molecule has 0 heterocycles. The van der Waals surface area contributed by atoms with Gasteiger partial charge in [-0.05, 0) is 18.2 Å². The monoisotopic (exact) mass is 325 g/mol. The van der Waals surface area contributed by atoms with Crippen molar-refractivity contribution in [3.63, 3.8) is 0 Å². The lowest BCUT2D eigenvalue weighted by molar-refractivity contribution is -0.384. The standard InChI is InChI=1S/C15H13F2NO5/c16-14-5-4-13(7-15(14)17)23-9-11(19)8-22-12-3-1-2-10(6-12)18(20)21/h1-7,11,19H,8-9H2. The Balaban J connectivity index is 1.83. The number of aliphatic hydroxyl groups excluding tert-OH is 1. The molecule has 0 fully saturated rings. The first-order chi connectivity index (χ1) is 11.0. The van der Waals surface area contributed by atoms with Crippen molar-refractivity contribution in [2.75, 3.05) is 13.2 Å². The third kappa shape index (κ3) is 4.89. The van der Waals surface area contributed by atoms with Crippen LogP contribution in [0.15, 0.2) is 42.5 Å². The summed E-state index contributed by atoms with van der Waals surface area (Å²) in [6, 6.07) is 8.51. The number of hydrogen-bond acceptors (Lipinski definition) is 5. The van der Waals surface area contributed by atoms with Crippen molar-refractivity contribution in [3.8, 4) is 11.5 Å². The topological polar surface area (TPSA) is 81.8 Å². The number of non-ortho nitro benzene ring substituents is 1. The van der Waals surface area contributed by atoms with Crippen LogP contribution in [0.2, 0.25) is 0 Å². The van der Waals surface area contributed by atoms with E-state index in [-0.39, 0.29) is 30.4 Å². The molecule has 6 nitrogen and oxygen atoms in total. The summed E-state index contributed by atoms with van der Waals surface area (Å²) in [6.45, 7) is -0.384. The van der Waals surface area contributed by atoms with Gasteiger partial charge in [-0.2, -0.15) is 0 Å². The van der Waals surface area contributed by atoms with Crippen molar-refractivity contribution < 1.29 is 28.3 Å². The third-order valence-electron chi connectivity index (χ3n) is 2.80. The molecule has 122 valence electrons. The molecule has 0 saturated carbocycles. The lowest BCUT2D eigenvalue weighted by Crippen LogP contribution is -2.25. The molecule has 2 aromatic rings. The van der Waals surface area contributed by atoms with Crippen molar-refractivity contribution in [2.24, 2.45) is 0 Å². The molecule has 0 radical (unpaired) electrons. The van der Waals surface area contributed by atoms with Gasteiger partial charge in [0.15, 0.2) is 11.6 Å². The summed E-state index contributed by atoms with van der Waals surface area (Å²) in [4.78, 5) is 10.1. The minimum Gasteiger partial charge on any atom is -0.491 e. The van der Waals surface area contributed by atoms with Crippen LogP contribution in [0.4, 0.5) is 14.5 Å². The SMILES string of the molecule is O=[N+]([O-])c1cccc(OCC(O)COc2ccc(F)c(F)c2)c1. The van der Waals surface area contributed by atoms with Crippen molar-refractivity contribution in [2.45, 2.75) is 6.10 Å². The second kappa shape index (κ2) is 7.50. The van der Waals surface area contributed by atoms with Gasteiger partial charge < -0.3 is 14.6 Å². The van der Waals surface area contributed by atoms with Crippen LogP contribution in [-0.4, -0.2) is 29.3 Å². The number of nitro groups is 1. The molecular weight excluding hydrogens is 312 g/mol. The maximum atomic E-state index is 13.0. The molecule has 1 unspecified atom stereocenters. The quantitative estimate of drug-likeness (QED) is 0.625. The fourth-order valence-electron chi connectivity index (χ4n) is 1.69. The summed E-state index contributed by atoms with van der Waals surface area (Å²) >= 11 is 0. The molecule has 1 atom stereocenters. The summed E-state index contributed by atoms with van der Waals surface area (Å²) in [5.41, 5.74) is -0.130. The number of hydrogen-bond donors (Lipinski definition) is 1. The average molecular weight is 325 g/mol. The maximum absolute atomic E-state index is 13.0. The number of ether oxygens (including phenoxy) is 2. The van der Waals surface area contributed by atoms with Crippen molar-refractivity contribution in [1.82, 2.24) is 0 Å². The average Bonchev–Trinajstić information content (AvgIpc) is 2.54. The summed E-state index contributed by atoms with van der Waals surface area (Å²) in [7, 11) is 0. The minimum atomic E-state index is -1.05. The predicted molar refractivity (Wildman–Crippen MR) is 76.5 cm³/mol. The van der Waals surface area contributed by atoms with E-state index in [0.29, 0.717) is 0 Å².